The molecule has 1 N–H and O–H groups in total. The molecule has 1 unspecified atom stereocenters. The summed E-state index contributed by atoms with van der Waals surface area (Å²) in [6.45, 7) is 6.47. The lowest BCUT2D eigenvalue weighted by atomic mass is 9.98. The van der Waals surface area contributed by atoms with E-state index in [1.807, 2.05) is 6.07 Å². The van der Waals surface area contributed by atoms with Crippen LogP contribution < -0.4 is 0 Å². The summed E-state index contributed by atoms with van der Waals surface area (Å²) in [7, 11) is 0. The molecule has 0 aliphatic heterocycles. The molecule has 160 valence electrons. The van der Waals surface area contributed by atoms with E-state index in [9.17, 15) is 5.11 Å². The lowest BCUT2D eigenvalue weighted by Crippen LogP contribution is -2.09. The van der Waals surface area contributed by atoms with Gasteiger partial charge in [-0.2, -0.15) is 0 Å². The molecular formula is C27H46O. The lowest BCUT2D eigenvalue weighted by molar-refractivity contribution is 0.164. The number of unbranched alkanes of at least 4 members (excludes halogenated alkanes) is 12. The molecule has 0 fully saturated rings. The molecule has 0 spiro atoms. The molecule has 28 heavy (non-hydrogen) atoms. The molecule has 1 atom stereocenters. The van der Waals surface area contributed by atoms with Crippen molar-refractivity contribution in [3.63, 3.8) is 0 Å². The molecule has 0 aliphatic rings. The molecule has 0 heterocycles. The summed E-state index contributed by atoms with van der Waals surface area (Å²) in [5, 5.41) is 10.2. The van der Waals surface area contributed by atoms with Gasteiger partial charge in [0.15, 0.2) is 0 Å². The first-order valence-corrected chi connectivity index (χ1v) is 12.1. The molecule has 1 aromatic rings. The molecule has 1 aromatic carbocycles. The number of aryl methyl sites for hydroxylation is 1. The van der Waals surface area contributed by atoms with Crippen molar-refractivity contribution in [2.45, 2.75) is 122 Å². The smallest absolute Gasteiger partial charge is 0.0580 e. The number of benzene rings is 1. The number of hydrogen-bond acceptors (Lipinski definition) is 1. The van der Waals surface area contributed by atoms with Crippen LogP contribution in [0, 0.1) is 0 Å². The van der Waals surface area contributed by atoms with Gasteiger partial charge in [0.05, 0.1) is 6.10 Å². The van der Waals surface area contributed by atoms with E-state index in [4.69, 9.17) is 0 Å². The fraction of sp³-hybridized carbons (Fsp3) is 0.704. The van der Waals surface area contributed by atoms with Crippen LogP contribution in [0.15, 0.2) is 42.5 Å². The zero-order valence-corrected chi connectivity index (χ0v) is 18.6. The maximum atomic E-state index is 10.2. The molecule has 0 amide bonds. The van der Waals surface area contributed by atoms with Crippen molar-refractivity contribution in [2.24, 2.45) is 0 Å². The second kappa shape index (κ2) is 18.0. The number of hydrogen-bond donors (Lipinski definition) is 1. The molecule has 1 rings (SSSR count). The van der Waals surface area contributed by atoms with Gasteiger partial charge in [-0.3, -0.25) is 0 Å². The highest BCUT2D eigenvalue weighted by Gasteiger charge is 2.07. The number of aliphatic hydroxyl groups is 1. The predicted molar refractivity (Wildman–Crippen MR) is 125 cm³/mol. The summed E-state index contributed by atoms with van der Waals surface area (Å²) >= 11 is 0. The predicted octanol–water partition coefficient (Wildman–Crippen LogP) is 8.41. The molecule has 0 aliphatic carbocycles. The highest BCUT2D eigenvalue weighted by molar-refractivity contribution is 5.14. The summed E-state index contributed by atoms with van der Waals surface area (Å²) in [4.78, 5) is 0. The first kappa shape index (κ1) is 25.0. The fourth-order valence-electron chi connectivity index (χ4n) is 3.91. The summed E-state index contributed by atoms with van der Waals surface area (Å²) in [5.74, 6) is 0. The van der Waals surface area contributed by atoms with E-state index in [2.05, 4.69) is 37.8 Å². The van der Waals surface area contributed by atoms with Crippen LogP contribution in [0.2, 0.25) is 0 Å². The standard InChI is InChI=1S/C27H46O/c1-3-4-5-6-7-8-9-10-11-12-13-14-16-19-25(2)24-27(28)23-22-26-20-17-15-18-21-26/h15,17-18,20-21,27-28H,2-14,16,19,22-24H2,1H3. The largest absolute Gasteiger partial charge is 0.393 e. The van der Waals surface area contributed by atoms with E-state index in [1.54, 1.807) is 0 Å². The van der Waals surface area contributed by atoms with Crippen molar-refractivity contribution < 1.29 is 5.11 Å². The Morgan fingerprint density at radius 1 is 0.786 bits per heavy atom. The Kier molecular flexibility index (Phi) is 16.0. The Morgan fingerprint density at radius 2 is 1.29 bits per heavy atom. The molecule has 1 heteroatoms. The van der Waals surface area contributed by atoms with E-state index in [0.717, 1.165) is 25.7 Å². The van der Waals surface area contributed by atoms with Crippen molar-refractivity contribution in [3.8, 4) is 0 Å². The highest BCUT2D eigenvalue weighted by Crippen LogP contribution is 2.17. The Labute approximate surface area is 175 Å². The molecule has 0 bridgehead atoms. The average molecular weight is 387 g/mol. The van der Waals surface area contributed by atoms with E-state index in [0.29, 0.717) is 0 Å². The fourth-order valence-corrected chi connectivity index (χ4v) is 3.91. The quantitative estimate of drug-likeness (QED) is 0.187. The highest BCUT2D eigenvalue weighted by atomic mass is 16.3. The average Bonchev–Trinajstić information content (AvgIpc) is 2.70. The maximum absolute atomic E-state index is 10.2. The molecule has 0 aromatic heterocycles. The maximum Gasteiger partial charge on any atom is 0.0580 e. The van der Waals surface area contributed by atoms with E-state index in [-0.39, 0.29) is 6.10 Å². The van der Waals surface area contributed by atoms with Gasteiger partial charge in [0.25, 0.3) is 0 Å². The summed E-state index contributed by atoms with van der Waals surface area (Å²) in [5.41, 5.74) is 2.53. The molecule has 1 nitrogen and oxygen atoms in total. The number of aliphatic hydroxyl groups excluding tert-OH is 1. The van der Waals surface area contributed by atoms with Crippen LogP contribution in [-0.2, 0) is 6.42 Å². The van der Waals surface area contributed by atoms with Gasteiger partial charge in [0, 0.05) is 0 Å². The van der Waals surface area contributed by atoms with Gasteiger partial charge < -0.3 is 5.11 Å². The molecule has 0 saturated heterocycles. The third-order valence-electron chi connectivity index (χ3n) is 5.77. The van der Waals surface area contributed by atoms with Crippen molar-refractivity contribution in [2.75, 3.05) is 0 Å². The van der Waals surface area contributed by atoms with Crippen LogP contribution in [0.3, 0.4) is 0 Å². The van der Waals surface area contributed by atoms with Crippen LogP contribution >= 0.6 is 0 Å². The zero-order chi connectivity index (χ0) is 20.3. The molecular weight excluding hydrogens is 340 g/mol. The Morgan fingerprint density at radius 3 is 1.82 bits per heavy atom. The monoisotopic (exact) mass is 386 g/mol. The zero-order valence-electron chi connectivity index (χ0n) is 18.6. The Hall–Kier alpha value is -1.08. The van der Waals surface area contributed by atoms with E-state index in [1.165, 1.54) is 94.6 Å². The van der Waals surface area contributed by atoms with Crippen molar-refractivity contribution >= 4 is 0 Å². The van der Waals surface area contributed by atoms with Crippen LogP contribution in [0.4, 0.5) is 0 Å². The summed E-state index contributed by atoms with van der Waals surface area (Å²) < 4.78 is 0. The SMILES string of the molecule is C=C(CCCCCCCCCCCCCCC)CC(O)CCc1ccccc1. The van der Waals surface area contributed by atoms with E-state index >= 15 is 0 Å². The van der Waals surface area contributed by atoms with Gasteiger partial charge in [-0.05, 0) is 37.7 Å². The topological polar surface area (TPSA) is 20.2 Å². The third kappa shape index (κ3) is 14.9. The normalized spacial score (nSPS) is 12.2. The summed E-state index contributed by atoms with van der Waals surface area (Å²) in [6, 6.07) is 10.4. The van der Waals surface area contributed by atoms with Crippen LogP contribution in [-0.4, -0.2) is 11.2 Å². The van der Waals surface area contributed by atoms with Crippen molar-refractivity contribution in [1.29, 1.82) is 0 Å². The Bertz CT molecular complexity index is 464. The van der Waals surface area contributed by atoms with Gasteiger partial charge in [0.2, 0.25) is 0 Å². The van der Waals surface area contributed by atoms with Crippen LogP contribution in [0.25, 0.3) is 0 Å². The summed E-state index contributed by atoms with van der Waals surface area (Å²) in [6.07, 6.45) is 21.5. The number of rotatable bonds is 19. The van der Waals surface area contributed by atoms with Gasteiger partial charge in [-0.25, -0.2) is 0 Å². The lowest BCUT2D eigenvalue weighted by Gasteiger charge is -2.12. The molecule has 0 radical (unpaired) electrons. The Balaban J connectivity index is 1.86. The molecule has 0 saturated carbocycles. The minimum absolute atomic E-state index is 0.241. The van der Waals surface area contributed by atoms with Gasteiger partial charge in [-0.1, -0.05) is 126 Å². The van der Waals surface area contributed by atoms with Crippen molar-refractivity contribution in [1.82, 2.24) is 0 Å². The van der Waals surface area contributed by atoms with Crippen molar-refractivity contribution in [3.05, 3.63) is 48.0 Å². The van der Waals surface area contributed by atoms with E-state index < -0.39 is 0 Å². The van der Waals surface area contributed by atoms with Gasteiger partial charge in [-0.15, -0.1) is 0 Å². The first-order valence-electron chi connectivity index (χ1n) is 12.1. The van der Waals surface area contributed by atoms with Crippen LogP contribution in [0.5, 0.6) is 0 Å². The second-order valence-corrected chi connectivity index (χ2v) is 8.62. The first-order chi connectivity index (χ1) is 13.7. The third-order valence-corrected chi connectivity index (χ3v) is 5.77. The van der Waals surface area contributed by atoms with Gasteiger partial charge >= 0.3 is 0 Å². The van der Waals surface area contributed by atoms with Gasteiger partial charge in [0.1, 0.15) is 0 Å². The minimum atomic E-state index is -0.241. The minimum Gasteiger partial charge on any atom is -0.393 e. The second-order valence-electron chi connectivity index (χ2n) is 8.62. The van der Waals surface area contributed by atoms with Crippen LogP contribution in [0.1, 0.15) is 115 Å².